The molecule has 0 aliphatic carbocycles. The normalized spacial score (nSPS) is 13.4. The topological polar surface area (TPSA) is 39.2 Å². The van der Waals surface area contributed by atoms with E-state index in [2.05, 4.69) is 4.98 Å². The third-order valence-corrected chi connectivity index (χ3v) is 2.43. The van der Waals surface area contributed by atoms with E-state index in [0.29, 0.717) is 5.76 Å². The summed E-state index contributed by atoms with van der Waals surface area (Å²) in [5.74, 6) is 0.662. The van der Waals surface area contributed by atoms with Crippen LogP contribution in [0.5, 0.6) is 0 Å². The predicted molar refractivity (Wildman–Crippen MR) is 70.3 cm³/mol. The smallest absolute Gasteiger partial charge is 0.498 e. The predicted octanol–water partition coefficient (Wildman–Crippen LogP) is 0.722. The van der Waals surface area contributed by atoms with Crippen molar-refractivity contribution in [3.63, 3.8) is 0 Å². The minimum absolute atomic E-state index is 0.464. The Morgan fingerprint density at radius 1 is 1.67 bits per heavy atom. The van der Waals surface area contributed by atoms with E-state index in [0.717, 1.165) is 16.8 Å². The Bertz CT molecular complexity index is 461. The van der Waals surface area contributed by atoms with Crippen molar-refractivity contribution in [3.05, 3.63) is 28.9 Å². The Morgan fingerprint density at radius 2 is 2.40 bits per heavy atom. The molecule has 78 valence electrons. The minimum Gasteiger partial charge on any atom is -0.547 e. The quantitative estimate of drug-likeness (QED) is 0.469. The van der Waals surface area contributed by atoms with Crippen molar-refractivity contribution in [3.8, 4) is 0 Å². The van der Waals surface area contributed by atoms with Gasteiger partial charge < -0.3 is 9.45 Å². The molecule has 5 heteroatoms. The van der Waals surface area contributed by atoms with Crippen LogP contribution in [0.2, 0.25) is 0 Å². The zero-order valence-corrected chi connectivity index (χ0v) is 10.8. The van der Waals surface area contributed by atoms with Gasteiger partial charge >= 0.3 is 4.77 Å². The summed E-state index contributed by atoms with van der Waals surface area (Å²) in [6.45, 7) is 3.75. The van der Waals surface area contributed by atoms with E-state index in [1.807, 2.05) is 54.4 Å². The molecule has 0 aliphatic rings. The third kappa shape index (κ3) is 3.33. The van der Waals surface area contributed by atoms with E-state index in [1.54, 1.807) is 6.20 Å². The molecule has 0 bridgehead atoms. The lowest BCUT2D eigenvalue weighted by Crippen LogP contribution is -2.31. The first-order valence-corrected chi connectivity index (χ1v) is 5.78. The zero-order valence-electron chi connectivity index (χ0n) is 8.61. The van der Waals surface area contributed by atoms with Crippen LogP contribution in [0.1, 0.15) is 13.8 Å². The lowest BCUT2D eigenvalue weighted by atomic mass is 10.1. The number of pyridine rings is 1. The number of halogens is 1. The van der Waals surface area contributed by atoms with Crippen LogP contribution in [0.4, 0.5) is 0 Å². The standard InChI is InChI=1S/C10H11BINO2/c1-3-9-5-4-6-13-10(9)8(2)15-11(12)7-14/h3-7H,1-2H3/b9-3-,10-8-. The highest BCUT2D eigenvalue weighted by Gasteiger charge is 2.11. The Balaban J connectivity index is 3.23. The van der Waals surface area contributed by atoms with Crippen LogP contribution in [0, 0.1) is 0 Å². The van der Waals surface area contributed by atoms with Crippen molar-refractivity contribution in [2.45, 2.75) is 13.8 Å². The van der Waals surface area contributed by atoms with Crippen LogP contribution in [0.3, 0.4) is 0 Å². The molecule has 0 spiro atoms. The highest BCUT2D eigenvalue weighted by atomic mass is 127. The van der Waals surface area contributed by atoms with Crippen molar-refractivity contribution in [2.24, 2.45) is 0 Å². The van der Waals surface area contributed by atoms with Crippen LogP contribution in [0.15, 0.2) is 18.3 Å². The molecule has 0 unspecified atom stereocenters. The number of nitrogens with zero attached hydrogens (tertiary/aromatic N) is 1. The monoisotopic (exact) mass is 315 g/mol. The van der Waals surface area contributed by atoms with E-state index < -0.39 is 4.77 Å². The molecule has 0 saturated carbocycles. The van der Waals surface area contributed by atoms with Crippen LogP contribution < -0.4 is 10.6 Å². The van der Waals surface area contributed by atoms with Crippen molar-refractivity contribution in [2.75, 3.05) is 0 Å². The second-order valence-corrected chi connectivity index (χ2v) is 4.12. The van der Waals surface area contributed by atoms with E-state index in [-0.39, 0.29) is 0 Å². The van der Waals surface area contributed by atoms with Gasteiger partial charge in [0.05, 0.1) is 5.76 Å². The molecule has 1 rings (SSSR count). The highest BCUT2D eigenvalue weighted by Crippen LogP contribution is 2.00. The fraction of sp³-hybridized carbons (Fsp3) is 0.200. The molecule has 3 nitrogen and oxygen atoms in total. The first-order valence-electron chi connectivity index (χ1n) is 4.53. The summed E-state index contributed by atoms with van der Waals surface area (Å²) >= 11 is 1.92. The molecule has 15 heavy (non-hydrogen) atoms. The molecular weight excluding hydrogens is 304 g/mol. The number of carbonyl (C=O) groups is 1. The summed E-state index contributed by atoms with van der Waals surface area (Å²) in [5.41, 5.74) is 0. The number of hydrogen-bond donors (Lipinski definition) is 0. The Morgan fingerprint density at radius 3 is 3.00 bits per heavy atom. The zero-order chi connectivity index (χ0) is 11.3. The van der Waals surface area contributed by atoms with Gasteiger partial charge in [0.1, 0.15) is 11.5 Å². The summed E-state index contributed by atoms with van der Waals surface area (Å²) in [4.78, 5) is 14.7. The average molecular weight is 315 g/mol. The average Bonchev–Trinajstić information content (AvgIpc) is 2.28. The summed E-state index contributed by atoms with van der Waals surface area (Å²) in [5, 5.41) is 1.79. The van der Waals surface area contributed by atoms with E-state index in [9.17, 15) is 4.79 Å². The van der Waals surface area contributed by atoms with E-state index in [1.165, 1.54) is 0 Å². The lowest BCUT2D eigenvalue weighted by molar-refractivity contribution is 0.526. The number of aromatic nitrogens is 1. The first kappa shape index (κ1) is 12.2. The molecule has 0 aromatic carbocycles. The largest absolute Gasteiger partial charge is 0.547 e. The molecule has 1 aromatic heterocycles. The maximum absolute atomic E-state index is 10.5. The van der Waals surface area contributed by atoms with Gasteiger partial charge in [0.2, 0.25) is 0 Å². The van der Waals surface area contributed by atoms with Gasteiger partial charge in [-0.2, -0.15) is 0 Å². The fourth-order valence-corrected chi connectivity index (χ4v) is 1.58. The fourth-order valence-electron chi connectivity index (χ4n) is 1.20. The first-order chi connectivity index (χ1) is 7.19. The van der Waals surface area contributed by atoms with Gasteiger partial charge in [0.15, 0.2) is 0 Å². The van der Waals surface area contributed by atoms with Crippen LogP contribution >= 0.6 is 22.4 Å². The summed E-state index contributed by atoms with van der Waals surface area (Å²) in [6, 6.07) is 3.83. The minimum atomic E-state index is -0.464. The number of rotatable bonds is 3. The molecule has 1 aromatic rings. The molecule has 0 amide bonds. The molecule has 0 saturated heterocycles. The van der Waals surface area contributed by atoms with Crippen molar-refractivity contribution < 1.29 is 9.45 Å². The Labute approximate surface area is 102 Å². The Kier molecular flexibility index (Phi) is 4.81. The van der Waals surface area contributed by atoms with Gasteiger partial charge in [-0.15, -0.1) is 0 Å². The third-order valence-electron chi connectivity index (χ3n) is 1.88. The number of hydrogen-bond acceptors (Lipinski definition) is 3. The van der Waals surface area contributed by atoms with Gasteiger partial charge in [-0.05, 0) is 25.1 Å². The Hall–Kier alpha value is -0.845. The molecule has 0 N–H and O–H groups in total. The molecule has 0 atom stereocenters. The molecule has 0 aliphatic heterocycles. The SMILES string of the molecule is C/C=c1/cccn/c1=C(/C)OB(I)C=O. The molecule has 0 fully saturated rings. The maximum Gasteiger partial charge on any atom is 0.498 e. The summed E-state index contributed by atoms with van der Waals surface area (Å²) in [7, 11) is 0. The van der Waals surface area contributed by atoms with Crippen LogP contribution in [0.25, 0.3) is 11.8 Å². The lowest BCUT2D eigenvalue weighted by Gasteiger charge is -2.04. The van der Waals surface area contributed by atoms with E-state index >= 15 is 0 Å². The summed E-state index contributed by atoms with van der Waals surface area (Å²) in [6.07, 6.45) is 4.42. The maximum atomic E-state index is 10.5. The van der Waals surface area contributed by atoms with Crippen molar-refractivity contribution >= 4 is 45.2 Å². The second kappa shape index (κ2) is 5.90. The number of carbonyl (C=O) groups excluding carboxylic acids is 1. The van der Waals surface area contributed by atoms with Gasteiger partial charge in [-0.3, -0.25) is 4.98 Å². The van der Waals surface area contributed by atoms with Crippen LogP contribution in [-0.2, 0) is 9.45 Å². The van der Waals surface area contributed by atoms with Crippen LogP contribution in [-0.4, -0.2) is 15.9 Å². The molecule has 0 radical (unpaired) electrons. The van der Waals surface area contributed by atoms with Gasteiger partial charge in [0.25, 0.3) is 0 Å². The van der Waals surface area contributed by atoms with Crippen molar-refractivity contribution in [1.82, 2.24) is 4.98 Å². The van der Waals surface area contributed by atoms with Gasteiger partial charge in [-0.25, -0.2) is 0 Å². The highest BCUT2D eigenvalue weighted by molar-refractivity contribution is 14.1. The molecular formula is C10H11BINO2. The second-order valence-electron chi connectivity index (χ2n) is 2.89. The van der Waals surface area contributed by atoms with Crippen molar-refractivity contribution in [1.29, 1.82) is 0 Å². The summed E-state index contributed by atoms with van der Waals surface area (Å²) < 4.78 is 4.92. The van der Waals surface area contributed by atoms with E-state index in [4.69, 9.17) is 4.65 Å². The van der Waals surface area contributed by atoms with Gasteiger partial charge in [0, 0.05) is 6.20 Å². The molecule has 1 heterocycles. The van der Waals surface area contributed by atoms with Gasteiger partial charge in [-0.1, -0.05) is 34.5 Å².